The van der Waals surface area contributed by atoms with Gasteiger partial charge in [-0.2, -0.15) is 18.2 Å². The van der Waals surface area contributed by atoms with Crippen LogP contribution in [0.3, 0.4) is 0 Å². The van der Waals surface area contributed by atoms with E-state index in [1.807, 2.05) is 39.8 Å². The molecule has 0 spiro atoms. The first-order chi connectivity index (χ1) is 21.0. The molecular formula is C30H39F3N6O5S. The molecule has 3 aromatic rings. The molecule has 0 radical (unpaired) electrons. The fourth-order valence-electron chi connectivity index (χ4n) is 5.09. The van der Waals surface area contributed by atoms with Crippen LogP contribution in [0.5, 0.6) is 5.88 Å². The van der Waals surface area contributed by atoms with E-state index in [1.165, 1.54) is 13.2 Å². The van der Waals surface area contributed by atoms with E-state index in [1.54, 1.807) is 12.3 Å². The molecule has 0 atom stereocenters. The van der Waals surface area contributed by atoms with Crippen molar-refractivity contribution in [1.29, 1.82) is 0 Å². The number of aryl methyl sites for hydroxylation is 1. The molecule has 0 unspecified atom stereocenters. The molecule has 45 heavy (non-hydrogen) atoms. The summed E-state index contributed by atoms with van der Waals surface area (Å²) in [7, 11) is -2.90. The maximum atomic E-state index is 12.5. The molecule has 1 aliphatic rings. The Kier molecular flexibility index (Phi) is 10.3. The molecule has 1 amide bonds. The highest BCUT2D eigenvalue weighted by molar-refractivity contribution is 7.92. The van der Waals surface area contributed by atoms with Crippen LogP contribution >= 0.6 is 0 Å². The molecule has 1 aliphatic carbocycles. The number of sulfonamides is 1. The molecule has 2 heterocycles. The maximum absolute atomic E-state index is 12.5. The molecule has 2 aromatic heterocycles. The second-order valence-corrected chi connectivity index (χ2v) is 13.8. The number of hydrogen-bond donors (Lipinski definition) is 3. The Labute approximate surface area is 260 Å². The first kappa shape index (κ1) is 34.0. The van der Waals surface area contributed by atoms with Crippen LogP contribution in [0.15, 0.2) is 30.5 Å². The van der Waals surface area contributed by atoms with Gasteiger partial charge < -0.3 is 20.1 Å². The summed E-state index contributed by atoms with van der Waals surface area (Å²) in [6, 6.07) is 7.00. The summed E-state index contributed by atoms with van der Waals surface area (Å²) < 4.78 is 74.7. The molecule has 3 N–H and O–H groups in total. The number of hydrogen-bond acceptors (Lipinski definition) is 9. The lowest BCUT2D eigenvalue weighted by Crippen LogP contribution is -2.42. The Morgan fingerprint density at radius 2 is 1.73 bits per heavy atom. The highest BCUT2D eigenvalue weighted by atomic mass is 32.2. The van der Waals surface area contributed by atoms with Gasteiger partial charge in [0.25, 0.3) is 0 Å². The molecule has 1 fully saturated rings. The van der Waals surface area contributed by atoms with Crippen molar-refractivity contribution in [3.8, 4) is 17.0 Å². The topological polar surface area (TPSA) is 144 Å². The molecule has 15 heteroatoms. The fraction of sp³-hybridized carbons (Fsp3) is 0.533. The van der Waals surface area contributed by atoms with Crippen molar-refractivity contribution >= 4 is 38.8 Å². The molecule has 4 rings (SSSR count). The number of nitrogens with one attached hydrogen (secondary N) is 3. The molecular weight excluding hydrogens is 613 g/mol. The van der Waals surface area contributed by atoms with E-state index in [4.69, 9.17) is 14.5 Å². The van der Waals surface area contributed by atoms with Crippen molar-refractivity contribution in [3.05, 3.63) is 36.0 Å². The lowest BCUT2D eigenvalue weighted by atomic mass is 9.91. The van der Waals surface area contributed by atoms with Crippen molar-refractivity contribution in [2.45, 2.75) is 90.1 Å². The van der Waals surface area contributed by atoms with Crippen LogP contribution in [0.25, 0.3) is 22.0 Å². The maximum Gasteiger partial charge on any atom is 0.407 e. The van der Waals surface area contributed by atoms with Gasteiger partial charge in [0, 0.05) is 29.2 Å². The van der Waals surface area contributed by atoms with Crippen molar-refractivity contribution in [2.75, 3.05) is 22.9 Å². The Balaban J connectivity index is 1.47. The smallest absolute Gasteiger partial charge is 0.407 e. The van der Waals surface area contributed by atoms with Crippen LogP contribution in [0.2, 0.25) is 0 Å². The van der Waals surface area contributed by atoms with E-state index in [9.17, 15) is 26.4 Å². The van der Waals surface area contributed by atoms with Crippen molar-refractivity contribution in [1.82, 2.24) is 20.3 Å². The zero-order valence-corrected chi connectivity index (χ0v) is 26.7. The lowest BCUT2D eigenvalue weighted by Gasteiger charge is -2.30. The monoisotopic (exact) mass is 652 g/mol. The van der Waals surface area contributed by atoms with Crippen LogP contribution in [0.4, 0.5) is 29.7 Å². The van der Waals surface area contributed by atoms with E-state index in [0.717, 1.165) is 47.7 Å². The number of ether oxygens (including phenoxy) is 2. The van der Waals surface area contributed by atoms with Crippen LogP contribution in [0.1, 0.15) is 65.4 Å². The number of amides is 1. The highest BCUT2D eigenvalue weighted by Gasteiger charge is 2.30. The van der Waals surface area contributed by atoms with Gasteiger partial charge in [-0.3, -0.25) is 4.72 Å². The molecule has 246 valence electrons. The average molecular weight is 653 g/mol. The van der Waals surface area contributed by atoms with E-state index < -0.39 is 40.1 Å². The number of fused-ring (bicyclic) bond motifs is 1. The SMILES string of the molecule is CCc1cc(-c2ccc(NS(=O)(=O)CCC(F)(F)F)nc2OC)cc2cnc(NC3CCC(NC(=O)OC(C)(C)C)CC3)nc12. The minimum atomic E-state index is -4.60. The summed E-state index contributed by atoms with van der Waals surface area (Å²) in [5.41, 5.74) is 2.47. The standard InChI is InChI=1S/C30H39F3N6O5S/c1-6-18-15-19(23-11-12-24(37-26(23)43-5)39-45(41,42)14-13-30(31,32)33)16-20-17-34-27(38-25(18)20)35-21-7-9-22(10-8-21)36-28(40)44-29(2,3)4/h11-12,15-17,21-22H,6-10,13-14H2,1-5H3,(H,36,40)(H,37,39)(H,34,35,38). The number of halogens is 3. The summed E-state index contributed by atoms with van der Waals surface area (Å²) in [4.78, 5) is 25.6. The fourth-order valence-corrected chi connectivity index (χ4v) is 6.12. The molecule has 1 saturated carbocycles. The van der Waals surface area contributed by atoms with Crippen LogP contribution in [-0.2, 0) is 21.2 Å². The molecule has 0 bridgehead atoms. The van der Waals surface area contributed by atoms with E-state index >= 15 is 0 Å². The Morgan fingerprint density at radius 1 is 1.04 bits per heavy atom. The number of rotatable bonds is 10. The van der Waals surface area contributed by atoms with Crippen molar-refractivity contribution < 1.29 is 35.9 Å². The van der Waals surface area contributed by atoms with Gasteiger partial charge in [-0.05, 0) is 88.3 Å². The van der Waals surface area contributed by atoms with Crippen LogP contribution < -0.4 is 20.1 Å². The van der Waals surface area contributed by atoms with Crippen LogP contribution in [-0.4, -0.2) is 66.2 Å². The Bertz CT molecular complexity index is 1620. The third-order valence-electron chi connectivity index (χ3n) is 7.20. The predicted octanol–water partition coefficient (Wildman–Crippen LogP) is 6.20. The van der Waals surface area contributed by atoms with Gasteiger partial charge in [0.05, 0.1) is 24.8 Å². The summed E-state index contributed by atoms with van der Waals surface area (Å²) in [5, 5.41) is 7.15. The zero-order chi connectivity index (χ0) is 33.0. The Hall–Kier alpha value is -3.88. The number of carbonyl (C=O) groups is 1. The summed E-state index contributed by atoms with van der Waals surface area (Å²) in [6.45, 7) is 7.50. The van der Waals surface area contributed by atoms with Gasteiger partial charge in [-0.25, -0.2) is 23.2 Å². The first-order valence-corrected chi connectivity index (χ1v) is 16.4. The van der Waals surface area contributed by atoms with E-state index in [2.05, 4.69) is 25.3 Å². The number of anilines is 2. The molecule has 0 aliphatic heterocycles. The van der Waals surface area contributed by atoms with Crippen molar-refractivity contribution in [3.63, 3.8) is 0 Å². The number of carbonyl (C=O) groups excluding carboxylic acids is 1. The lowest BCUT2D eigenvalue weighted by molar-refractivity contribution is -0.129. The van der Waals surface area contributed by atoms with E-state index in [-0.39, 0.29) is 23.8 Å². The largest absolute Gasteiger partial charge is 0.480 e. The first-order valence-electron chi connectivity index (χ1n) is 14.7. The van der Waals surface area contributed by atoms with Crippen molar-refractivity contribution in [2.24, 2.45) is 0 Å². The number of benzene rings is 1. The predicted molar refractivity (Wildman–Crippen MR) is 166 cm³/mol. The van der Waals surface area contributed by atoms with Gasteiger partial charge in [0.1, 0.15) is 11.4 Å². The average Bonchev–Trinajstić information content (AvgIpc) is 2.95. The summed E-state index contributed by atoms with van der Waals surface area (Å²) >= 11 is 0. The van der Waals surface area contributed by atoms with Gasteiger partial charge in [0.15, 0.2) is 0 Å². The minimum Gasteiger partial charge on any atom is -0.480 e. The minimum absolute atomic E-state index is 0.0515. The van der Waals surface area contributed by atoms with Gasteiger partial charge in [-0.1, -0.05) is 6.92 Å². The molecule has 0 saturated heterocycles. The quantitative estimate of drug-likeness (QED) is 0.233. The number of methoxy groups -OCH3 is 1. The van der Waals surface area contributed by atoms with Crippen LogP contribution in [0, 0.1) is 0 Å². The molecule has 11 nitrogen and oxygen atoms in total. The Morgan fingerprint density at radius 3 is 2.36 bits per heavy atom. The normalized spacial score (nSPS) is 17.5. The number of alkyl carbamates (subject to hydrolysis) is 1. The zero-order valence-electron chi connectivity index (χ0n) is 25.9. The van der Waals surface area contributed by atoms with E-state index in [0.29, 0.717) is 17.9 Å². The van der Waals surface area contributed by atoms with Gasteiger partial charge in [-0.15, -0.1) is 0 Å². The highest BCUT2D eigenvalue weighted by Crippen LogP contribution is 2.34. The number of pyridine rings is 1. The second kappa shape index (κ2) is 13.6. The molecule has 1 aromatic carbocycles. The second-order valence-electron chi connectivity index (χ2n) is 12.0. The third kappa shape index (κ3) is 9.80. The number of nitrogens with zero attached hydrogens (tertiary/aromatic N) is 3. The van der Waals surface area contributed by atoms with Gasteiger partial charge in [0.2, 0.25) is 21.9 Å². The van der Waals surface area contributed by atoms with Gasteiger partial charge >= 0.3 is 12.3 Å². The number of alkyl halides is 3. The summed E-state index contributed by atoms with van der Waals surface area (Å²) in [5.74, 6) is -0.655. The third-order valence-corrected chi connectivity index (χ3v) is 8.46. The number of aromatic nitrogens is 3. The summed E-state index contributed by atoms with van der Waals surface area (Å²) in [6.07, 6.45) is -0.805.